The molecule has 0 aliphatic carbocycles. The third-order valence-electron chi connectivity index (χ3n) is 3.85. The minimum Gasteiger partial charge on any atom is -0.378 e. The molecule has 7 heteroatoms. The zero-order chi connectivity index (χ0) is 16.2. The Labute approximate surface area is 139 Å². The lowest BCUT2D eigenvalue weighted by molar-refractivity contribution is 0.122. The average Bonchev–Trinajstić information content (AvgIpc) is 3.12. The molecule has 0 saturated carbocycles. The number of rotatable bonds is 4. The van der Waals surface area contributed by atoms with Gasteiger partial charge in [0.05, 0.1) is 18.9 Å². The molecule has 3 heterocycles. The van der Waals surface area contributed by atoms with Crippen molar-refractivity contribution in [3.05, 3.63) is 55.0 Å². The van der Waals surface area contributed by atoms with Gasteiger partial charge in [0.25, 0.3) is 0 Å². The van der Waals surface area contributed by atoms with Crippen LogP contribution in [0, 0.1) is 0 Å². The van der Waals surface area contributed by atoms with Crippen molar-refractivity contribution in [3.8, 4) is 5.69 Å². The maximum absolute atomic E-state index is 5.38. The van der Waals surface area contributed by atoms with E-state index < -0.39 is 0 Å². The summed E-state index contributed by atoms with van der Waals surface area (Å²) in [6.07, 6.45) is 3.49. The summed E-state index contributed by atoms with van der Waals surface area (Å²) in [4.78, 5) is 11.0. The summed E-state index contributed by atoms with van der Waals surface area (Å²) in [6.45, 7) is 3.19. The normalized spacial score (nSPS) is 14.6. The number of nitrogens with one attached hydrogen (secondary N) is 1. The van der Waals surface area contributed by atoms with E-state index in [1.807, 2.05) is 42.5 Å². The summed E-state index contributed by atoms with van der Waals surface area (Å²) >= 11 is 0. The van der Waals surface area contributed by atoms with Gasteiger partial charge in [-0.05, 0) is 18.2 Å². The van der Waals surface area contributed by atoms with Gasteiger partial charge in [-0.3, -0.25) is 0 Å². The molecule has 0 bridgehead atoms. The fourth-order valence-corrected chi connectivity index (χ4v) is 2.62. The lowest BCUT2D eigenvalue weighted by Gasteiger charge is -2.27. The molecule has 1 aliphatic heterocycles. The number of morpholine rings is 1. The molecule has 122 valence electrons. The van der Waals surface area contributed by atoms with Crippen LogP contribution in [0.2, 0.25) is 0 Å². The molecule has 0 spiro atoms. The Balaban J connectivity index is 1.50. The van der Waals surface area contributed by atoms with Gasteiger partial charge >= 0.3 is 0 Å². The highest BCUT2D eigenvalue weighted by molar-refractivity contribution is 5.58. The smallest absolute Gasteiger partial charge is 0.246 e. The minimum absolute atomic E-state index is 0.554. The first-order valence-electron chi connectivity index (χ1n) is 7.91. The largest absolute Gasteiger partial charge is 0.378 e. The van der Waals surface area contributed by atoms with Crippen LogP contribution < -0.4 is 10.2 Å². The summed E-state index contributed by atoms with van der Waals surface area (Å²) < 4.78 is 7.13. The Morgan fingerprint density at radius 2 is 1.83 bits per heavy atom. The Kier molecular flexibility index (Phi) is 4.07. The Hall–Kier alpha value is -2.93. The van der Waals surface area contributed by atoms with E-state index in [9.17, 15) is 0 Å². The monoisotopic (exact) mass is 322 g/mol. The molecule has 1 N–H and O–H groups in total. The molecule has 1 saturated heterocycles. The van der Waals surface area contributed by atoms with E-state index in [-0.39, 0.29) is 0 Å². The second-order valence-electron chi connectivity index (χ2n) is 5.48. The zero-order valence-corrected chi connectivity index (χ0v) is 13.2. The fourth-order valence-electron chi connectivity index (χ4n) is 2.62. The molecule has 1 fully saturated rings. The van der Waals surface area contributed by atoms with Crippen LogP contribution >= 0.6 is 0 Å². The van der Waals surface area contributed by atoms with Crippen LogP contribution in [0.4, 0.5) is 17.5 Å². The molecule has 2 aromatic heterocycles. The number of anilines is 3. The van der Waals surface area contributed by atoms with E-state index in [2.05, 4.69) is 25.3 Å². The highest BCUT2D eigenvalue weighted by atomic mass is 16.5. The quantitative estimate of drug-likeness (QED) is 0.794. The third-order valence-corrected chi connectivity index (χ3v) is 3.85. The summed E-state index contributed by atoms with van der Waals surface area (Å²) in [5, 5.41) is 7.69. The molecular weight excluding hydrogens is 304 g/mol. The van der Waals surface area contributed by atoms with Crippen molar-refractivity contribution in [1.82, 2.24) is 19.7 Å². The van der Waals surface area contributed by atoms with Crippen molar-refractivity contribution in [2.24, 2.45) is 0 Å². The molecule has 24 heavy (non-hydrogen) atoms. The van der Waals surface area contributed by atoms with Crippen molar-refractivity contribution < 1.29 is 4.74 Å². The second-order valence-corrected chi connectivity index (χ2v) is 5.48. The van der Waals surface area contributed by atoms with Gasteiger partial charge in [0, 0.05) is 31.0 Å². The van der Waals surface area contributed by atoms with Crippen molar-refractivity contribution in [2.45, 2.75) is 0 Å². The highest BCUT2D eigenvalue weighted by Crippen LogP contribution is 2.20. The number of pyridine rings is 1. The van der Waals surface area contributed by atoms with Gasteiger partial charge in [0.1, 0.15) is 12.1 Å². The predicted octanol–water partition coefficient (Wildman–Crippen LogP) is 2.24. The topological polar surface area (TPSA) is 68.1 Å². The average molecular weight is 322 g/mol. The molecule has 7 nitrogen and oxygen atoms in total. The molecule has 3 aromatic rings. The summed E-state index contributed by atoms with van der Waals surface area (Å²) in [6, 6.07) is 13.8. The molecule has 0 unspecified atom stereocenters. The molecule has 1 aromatic carbocycles. The number of ether oxygens (including phenoxy) is 1. The maximum atomic E-state index is 5.38. The molecule has 0 radical (unpaired) electrons. The van der Waals surface area contributed by atoms with Gasteiger partial charge in [0.15, 0.2) is 0 Å². The number of nitrogens with zero attached hydrogens (tertiary/aromatic N) is 5. The Morgan fingerprint density at radius 3 is 2.67 bits per heavy atom. The van der Waals surface area contributed by atoms with Crippen molar-refractivity contribution in [3.63, 3.8) is 0 Å². The predicted molar refractivity (Wildman–Crippen MR) is 91.9 cm³/mol. The van der Waals surface area contributed by atoms with E-state index in [4.69, 9.17) is 4.74 Å². The molecule has 4 rings (SSSR count). The van der Waals surface area contributed by atoms with Crippen LogP contribution in [-0.2, 0) is 4.74 Å². The van der Waals surface area contributed by atoms with Crippen LogP contribution in [0.25, 0.3) is 5.69 Å². The van der Waals surface area contributed by atoms with Crippen LogP contribution in [-0.4, -0.2) is 46.1 Å². The van der Waals surface area contributed by atoms with Gasteiger partial charge in [-0.1, -0.05) is 18.2 Å². The van der Waals surface area contributed by atoms with E-state index in [0.717, 1.165) is 43.5 Å². The number of hydrogen-bond acceptors (Lipinski definition) is 6. The lowest BCUT2D eigenvalue weighted by atomic mass is 10.3. The number of hydrogen-bond donors (Lipinski definition) is 1. The number of para-hydroxylation sites is 1. The van der Waals surface area contributed by atoms with E-state index in [1.165, 1.54) is 0 Å². The molecule has 0 atom stereocenters. The maximum Gasteiger partial charge on any atom is 0.246 e. The van der Waals surface area contributed by atoms with E-state index >= 15 is 0 Å². The molecule has 1 aliphatic rings. The first-order chi connectivity index (χ1) is 11.9. The Bertz CT molecular complexity index is 798. The van der Waals surface area contributed by atoms with Crippen LogP contribution in [0.15, 0.2) is 55.0 Å². The molecule has 0 amide bonds. The van der Waals surface area contributed by atoms with Crippen molar-refractivity contribution in [2.75, 3.05) is 36.5 Å². The summed E-state index contributed by atoms with van der Waals surface area (Å²) in [5.74, 6) is 1.49. The van der Waals surface area contributed by atoms with Crippen LogP contribution in [0.1, 0.15) is 0 Å². The number of aromatic nitrogens is 4. The van der Waals surface area contributed by atoms with Crippen LogP contribution in [0.3, 0.4) is 0 Å². The summed E-state index contributed by atoms with van der Waals surface area (Å²) in [7, 11) is 0. The molecular formula is C17H18N6O. The second kappa shape index (κ2) is 6.67. The minimum atomic E-state index is 0.554. The van der Waals surface area contributed by atoms with Gasteiger partial charge in [-0.25, -0.2) is 9.67 Å². The van der Waals surface area contributed by atoms with Crippen molar-refractivity contribution in [1.29, 1.82) is 0 Å². The standard InChI is InChI=1S/C17H18N6O/c1-2-4-15(5-3-1)23-13-19-17(21-23)20-14-6-7-18-16(12-14)22-8-10-24-11-9-22/h1-7,12-13H,8-11H2,(H,18,20,21). The van der Waals surface area contributed by atoms with Gasteiger partial charge in [-0.2, -0.15) is 4.98 Å². The van der Waals surface area contributed by atoms with Gasteiger partial charge < -0.3 is 15.0 Å². The van der Waals surface area contributed by atoms with Gasteiger partial charge in [-0.15, -0.1) is 5.10 Å². The fraction of sp³-hybridized carbons (Fsp3) is 0.235. The number of benzene rings is 1. The first-order valence-corrected chi connectivity index (χ1v) is 7.91. The highest BCUT2D eigenvalue weighted by Gasteiger charge is 2.13. The van der Waals surface area contributed by atoms with Crippen LogP contribution in [0.5, 0.6) is 0 Å². The van der Waals surface area contributed by atoms with E-state index in [1.54, 1.807) is 17.2 Å². The van der Waals surface area contributed by atoms with Gasteiger partial charge in [0.2, 0.25) is 5.95 Å². The third kappa shape index (κ3) is 3.21. The lowest BCUT2D eigenvalue weighted by Crippen LogP contribution is -2.36. The summed E-state index contributed by atoms with van der Waals surface area (Å²) in [5.41, 5.74) is 1.89. The zero-order valence-electron chi connectivity index (χ0n) is 13.2. The SMILES string of the molecule is c1ccc(-n2cnc(Nc3ccnc(N4CCOCC4)c3)n2)cc1. The van der Waals surface area contributed by atoms with E-state index in [0.29, 0.717) is 5.95 Å². The Morgan fingerprint density at radius 1 is 1.00 bits per heavy atom. The first kappa shape index (κ1) is 14.6. The van der Waals surface area contributed by atoms with Crippen molar-refractivity contribution >= 4 is 17.5 Å².